The van der Waals surface area contributed by atoms with Crippen molar-refractivity contribution in [2.75, 3.05) is 7.11 Å². The molecule has 15 heavy (non-hydrogen) atoms. The van der Waals surface area contributed by atoms with Crippen LogP contribution < -0.4 is 9.47 Å². The Balaban J connectivity index is 3.10. The van der Waals surface area contributed by atoms with Crippen LogP contribution in [0.25, 0.3) is 0 Å². The van der Waals surface area contributed by atoms with Crippen LogP contribution in [0.5, 0.6) is 11.5 Å². The molecule has 0 aliphatic carbocycles. The Kier molecular flexibility index (Phi) is 3.72. The summed E-state index contributed by atoms with van der Waals surface area (Å²) in [6, 6.07) is 5.21. The molecule has 0 N–H and O–H groups in total. The van der Waals surface area contributed by atoms with Crippen molar-refractivity contribution >= 4 is 5.78 Å². The molecule has 0 unspecified atom stereocenters. The van der Waals surface area contributed by atoms with Gasteiger partial charge in [0.25, 0.3) is 0 Å². The normalized spacial score (nSPS) is 10.2. The number of Topliss-reactive ketones (excluding diaryl/α,β-unsaturated/α-hetero) is 1. The summed E-state index contributed by atoms with van der Waals surface area (Å²) in [6.07, 6.45) is 0.0372. The summed E-state index contributed by atoms with van der Waals surface area (Å²) >= 11 is 0. The molecule has 3 nitrogen and oxygen atoms in total. The van der Waals surface area contributed by atoms with Gasteiger partial charge in [0.2, 0.25) is 0 Å². The van der Waals surface area contributed by atoms with Crippen LogP contribution >= 0.6 is 0 Å². The largest absolute Gasteiger partial charge is 0.497 e. The molecule has 0 atom stereocenters. The maximum absolute atomic E-state index is 11.3. The first-order valence-electron chi connectivity index (χ1n) is 4.90. The zero-order valence-corrected chi connectivity index (χ0v) is 9.53. The standard InChI is InChI=1S/C12H16O3/c1-8(2)15-12-7-10(14-4)5-6-11(12)9(3)13/h5-8H,1-4H3. The van der Waals surface area contributed by atoms with Crippen LogP contribution in [0.15, 0.2) is 18.2 Å². The van der Waals surface area contributed by atoms with Crippen LogP contribution in [0.3, 0.4) is 0 Å². The average molecular weight is 208 g/mol. The van der Waals surface area contributed by atoms with Gasteiger partial charge in [0.05, 0.1) is 18.8 Å². The Morgan fingerprint density at radius 1 is 1.33 bits per heavy atom. The van der Waals surface area contributed by atoms with Gasteiger partial charge in [-0.05, 0) is 32.9 Å². The highest BCUT2D eigenvalue weighted by Crippen LogP contribution is 2.26. The summed E-state index contributed by atoms with van der Waals surface area (Å²) in [4.78, 5) is 11.3. The fraction of sp³-hybridized carbons (Fsp3) is 0.417. The van der Waals surface area contributed by atoms with E-state index in [9.17, 15) is 4.79 Å². The molecule has 82 valence electrons. The lowest BCUT2D eigenvalue weighted by Gasteiger charge is -2.13. The van der Waals surface area contributed by atoms with Crippen molar-refractivity contribution in [3.05, 3.63) is 23.8 Å². The second kappa shape index (κ2) is 4.82. The third-order valence-electron chi connectivity index (χ3n) is 1.93. The maximum atomic E-state index is 11.3. The van der Waals surface area contributed by atoms with Crippen molar-refractivity contribution in [2.24, 2.45) is 0 Å². The van der Waals surface area contributed by atoms with E-state index in [1.54, 1.807) is 25.3 Å². The zero-order chi connectivity index (χ0) is 11.4. The monoisotopic (exact) mass is 208 g/mol. The first-order chi connectivity index (χ1) is 7.04. The Morgan fingerprint density at radius 2 is 2.00 bits per heavy atom. The van der Waals surface area contributed by atoms with Gasteiger partial charge in [-0.15, -0.1) is 0 Å². The van der Waals surface area contributed by atoms with Gasteiger partial charge in [0.1, 0.15) is 11.5 Å². The van der Waals surface area contributed by atoms with E-state index in [1.165, 1.54) is 6.92 Å². The molecule has 0 aliphatic heterocycles. The predicted molar refractivity (Wildman–Crippen MR) is 58.8 cm³/mol. The number of ether oxygens (including phenoxy) is 2. The minimum Gasteiger partial charge on any atom is -0.497 e. The average Bonchev–Trinajstić information content (AvgIpc) is 2.16. The van der Waals surface area contributed by atoms with Crippen molar-refractivity contribution in [2.45, 2.75) is 26.9 Å². The van der Waals surface area contributed by atoms with E-state index in [2.05, 4.69) is 0 Å². The highest BCUT2D eigenvalue weighted by molar-refractivity contribution is 5.97. The van der Waals surface area contributed by atoms with Crippen molar-refractivity contribution in [1.29, 1.82) is 0 Å². The second-order valence-corrected chi connectivity index (χ2v) is 3.58. The highest BCUT2D eigenvalue weighted by Gasteiger charge is 2.10. The molecule has 0 fully saturated rings. The fourth-order valence-electron chi connectivity index (χ4n) is 1.27. The second-order valence-electron chi connectivity index (χ2n) is 3.58. The van der Waals surface area contributed by atoms with Crippen LogP contribution in [-0.2, 0) is 0 Å². The number of ketones is 1. The summed E-state index contributed by atoms with van der Waals surface area (Å²) in [5.74, 6) is 1.26. The fourth-order valence-corrected chi connectivity index (χ4v) is 1.27. The molecular formula is C12H16O3. The van der Waals surface area contributed by atoms with Gasteiger partial charge in [0.15, 0.2) is 5.78 Å². The summed E-state index contributed by atoms with van der Waals surface area (Å²) in [6.45, 7) is 5.36. The molecule has 0 spiro atoms. The van der Waals surface area contributed by atoms with Gasteiger partial charge in [-0.3, -0.25) is 4.79 Å². The number of rotatable bonds is 4. The molecule has 0 saturated carbocycles. The Labute approximate surface area is 90.0 Å². The molecule has 3 heteroatoms. The summed E-state index contributed by atoms with van der Waals surface area (Å²) in [5.41, 5.74) is 0.587. The molecule has 0 amide bonds. The summed E-state index contributed by atoms with van der Waals surface area (Å²) in [7, 11) is 1.59. The number of methoxy groups -OCH3 is 1. The van der Waals surface area contributed by atoms with Gasteiger partial charge >= 0.3 is 0 Å². The summed E-state index contributed by atoms with van der Waals surface area (Å²) in [5, 5.41) is 0. The van der Waals surface area contributed by atoms with Crippen LogP contribution in [0.4, 0.5) is 0 Å². The van der Waals surface area contributed by atoms with Crippen molar-refractivity contribution in [3.8, 4) is 11.5 Å². The number of benzene rings is 1. The van der Waals surface area contributed by atoms with E-state index in [1.807, 2.05) is 13.8 Å². The molecule has 1 aromatic carbocycles. The quantitative estimate of drug-likeness (QED) is 0.713. The first kappa shape index (κ1) is 11.6. The van der Waals surface area contributed by atoms with Crippen molar-refractivity contribution in [1.82, 2.24) is 0 Å². The number of hydrogen-bond acceptors (Lipinski definition) is 3. The molecule has 0 radical (unpaired) electrons. The SMILES string of the molecule is COc1ccc(C(C)=O)c(OC(C)C)c1. The lowest BCUT2D eigenvalue weighted by Crippen LogP contribution is -2.09. The predicted octanol–water partition coefficient (Wildman–Crippen LogP) is 2.69. The number of hydrogen-bond donors (Lipinski definition) is 0. The highest BCUT2D eigenvalue weighted by atomic mass is 16.5. The molecule has 0 aliphatic rings. The number of carbonyl (C=O) groups is 1. The third kappa shape index (κ3) is 2.98. The van der Waals surface area contributed by atoms with Gasteiger partial charge < -0.3 is 9.47 Å². The van der Waals surface area contributed by atoms with E-state index < -0.39 is 0 Å². The molecule has 1 aromatic rings. The van der Waals surface area contributed by atoms with Gasteiger partial charge in [0, 0.05) is 6.07 Å². The van der Waals surface area contributed by atoms with Crippen molar-refractivity contribution in [3.63, 3.8) is 0 Å². The lowest BCUT2D eigenvalue weighted by molar-refractivity contribution is 0.101. The van der Waals surface area contributed by atoms with E-state index in [-0.39, 0.29) is 11.9 Å². The molecular weight excluding hydrogens is 192 g/mol. The summed E-state index contributed by atoms with van der Waals surface area (Å²) < 4.78 is 10.6. The molecule has 1 rings (SSSR count). The smallest absolute Gasteiger partial charge is 0.163 e. The van der Waals surface area contributed by atoms with Gasteiger partial charge in [-0.25, -0.2) is 0 Å². The Bertz CT molecular complexity index is 356. The minimum absolute atomic E-state index is 0.00620. The van der Waals surface area contributed by atoms with E-state index in [0.29, 0.717) is 17.1 Å². The molecule has 0 saturated heterocycles. The molecule has 0 bridgehead atoms. The van der Waals surface area contributed by atoms with Gasteiger partial charge in [-0.2, -0.15) is 0 Å². The molecule has 0 aromatic heterocycles. The number of carbonyl (C=O) groups excluding carboxylic acids is 1. The van der Waals surface area contributed by atoms with E-state index in [0.717, 1.165) is 0 Å². The van der Waals surface area contributed by atoms with Crippen molar-refractivity contribution < 1.29 is 14.3 Å². The first-order valence-corrected chi connectivity index (χ1v) is 4.90. The zero-order valence-electron chi connectivity index (χ0n) is 9.53. The topological polar surface area (TPSA) is 35.5 Å². The van der Waals surface area contributed by atoms with Crippen LogP contribution in [0.2, 0.25) is 0 Å². The van der Waals surface area contributed by atoms with Gasteiger partial charge in [-0.1, -0.05) is 0 Å². The lowest BCUT2D eigenvalue weighted by atomic mass is 10.1. The molecule has 0 heterocycles. The van der Waals surface area contributed by atoms with E-state index in [4.69, 9.17) is 9.47 Å². The van der Waals surface area contributed by atoms with Crippen LogP contribution in [0, 0.1) is 0 Å². The van der Waals surface area contributed by atoms with E-state index >= 15 is 0 Å². The minimum atomic E-state index is -0.00620. The Hall–Kier alpha value is -1.51. The third-order valence-corrected chi connectivity index (χ3v) is 1.93. The van der Waals surface area contributed by atoms with Crippen LogP contribution in [-0.4, -0.2) is 19.0 Å². The maximum Gasteiger partial charge on any atom is 0.163 e. The van der Waals surface area contributed by atoms with Crippen LogP contribution in [0.1, 0.15) is 31.1 Å². The Morgan fingerprint density at radius 3 is 2.47 bits per heavy atom.